The highest BCUT2D eigenvalue weighted by molar-refractivity contribution is 4.54. The molecule has 11 heavy (non-hydrogen) atoms. The number of halogens is 2. The van der Waals surface area contributed by atoms with Gasteiger partial charge in [-0.2, -0.15) is 0 Å². The third kappa shape index (κ3) is 6.23. The fourth-order valence-corrected chi connectivity index (χ4v) is 1.02. The summed E-state index contributed by atoms with van der Waals surface area (Å²) in [5.41, 5.74) is 0. The predicted molar refractivity (Wildman–Crippen MR) is 43.0 cm³/mol. The minimum atomic E-state index is -2.15. The summed E-state index contributed by atoms with van der Waals surface area (Å²) in [6, 6.07) is 0. The van der Waals surface area contributed by atoms with Gasteiger partial charge >= 0.3 is 0 Å². The number of hydrogen-bond donors (Lipinski definition) is 0. The molecule has 0 N–H and O–H groups in total. The Hall–Kier alpha value is -0.180. The van der Waals surface area contributed by atoms with Gasteiger partial charge in [0.2, 0.25) is 6.43 Å². The molecule has 0 aromatic rings. The van der Waals surface area contributed by atoms with Crippen LogP contribution >= 0.6 is 0 Å². The van der Waals surface area contributed by atoms with Crippen molar-refractivity contribution in [2.24, 2.45) is 0 Å². The first kappa shape index (κ1) is 10.8. The maximum atomic E-state index is 11.7. The summed E-state index contributed by atoms with van der Waals surface area (Å²) in [6.45, 7) is 6.40. The molecule has 68 valence electrons. The second-order valence-electron chi connectivity index (χ2n) is 2.61. The minimum absolute atomic E-state index is 0.00778. The molecule has 0 amide bonds. The van der Waals surface area contributed by atoms with Crippen LogP contribution in [0.2, 0.25) is 0 Å². The van der Waals surface area contributed by atoms with Crippen LogP contribution in [0.3, 0.4) is 0 Å². The summed E-state index contributed by atoms with van der Waals surface area (Å²) >= 11 is 0. The molecule has 0 saturated carbocycles. The van der Waals surface area contributed by atoms with Crippen molar-refractivity contribution in [2.45, 2.75) is 33.1 Å². The molecule has 1 nitrogen and oxygen atoms in total. The molecule has 0 saturated heterocycles. The van der Waals surface area contributed by atoms with Crippen molar-refractivity contribution < 1.29 is 8.78 Å². The zero-order valence-corrected chi connectivity index (χ0v) is 7.32. The summed E-state index contributed by atoms with van der Waals surface area (Å²) in [7, 11) is 0. The molecule has 0 fully saturated rings. The lowest BCUT2D eigenvalue weighted by Gasteiger charge is -2.18. The fourth-order valence-electron chi connectivity index (χ4n) is 1.02. The molecule has 0 aromatic heterocycles. The minimum Gasteiger partial charge on any atom is -0.303 e. The standard InChI is InChI=1S/C8H17F2N/c1-3-6-11(4-2)7-5-8(9)10/h8H,3-7H2,1-2H3. The third-order valence-corrected chi connectivity index (χ3v) is 1.65. The molecule has 0 radical (unpaired) electrons. The van der Waals surface area contributed by atoms with Crippen LogP contribution in [0, 0.1) is 0 Å². The molecule has 0 spiro atoms. The average molecular weight is 165 g/mol. The first-order valence-corrected chi connectivity index (χ1v) is 4.21. The van der Waals surface area contributed by atoms with E-state index in [1.54, 1.807) is 0 Å². The van der Waals surface area contributed by atoms with E-state index in [1.807, 2.05) is 11.8 Å². The first-order chi connectivity index (χ1) is 5.20. The molecular weight excluding hydrogens is 148 g/mol. The molecule has 0 aromatic carbocycles. The van der Waals surface area contributed by atoms with Crippen molar-refractivity contribution in [3.8, 4) is 0 Å². The van der Waals surface area contributed by atoms with Gasteiger partial charge in [-0.05, 0) is 19.5 Å². The van der Waals surface area contributed by atoms with Crippen molar-refractivity contribution in [1.29, 1.82) is 0 Å². The zero-order chi connectivity index (χ0) is 8.69. The van der Waals surface area contributed by atoms with E-state index in [1.165, 1.54) is 0 Å². The van der Waals surface area contributed by atoms with Crippen LogP contribution < -0.4 is 0 Å². The molecule has 0 rings (SSSR count). The lowest BCUT2D eigenvalue weighted by molar-refractivity contribution is 0.117. The number of hydrogen-bond acceptors (Lipinski definition) is 1. The Labute approximate surface area is 67.4 Å². The second-order valence-corrected chi connectivity index (χ2v) is 2.61. The molecule has 0 unspecified atom stereocenters. The normalized spacial score (nSPS) is 11.5. The summed E-state index contributed by atoms with van der Waals surface area (Å²) in [5.74, 6) is 0. The number of nitrogens with zero attached hydrogens (tertiary/aromatic N) is 1. The van der Waals surface area contributed by atoms with Crippen LogP contribution in [0.4, 0.5) is 8.78 Å². The van der Waals surface area contributed by atoms with E-state index in [-0.39, 0.29) is 6.42 Å². The Morgan fingerprint density at radius 2 is 1.82 bits per heavy atom. The van der Waals surface area contributed by atoms with Crippen molar-refractivity contribution in [3.63, 3.8) is 0 Å². The first-order valence-electron chi connectivity index (χ1n) is 4.21. The maximum Gasteiger partial charge on any atom is 0.239 e. The summed E-state index contributed by atoms with van der Waals surface area (Å²) in [5, 5.41) is 0. The van der Waals surface area contributed by atoms with Gasteiger partial charge in [-0.15, -0.1) is 0 Å². The number of alkyl halides is 2. The summed E-state index contributed by atoms with van der Waals surface area (Å²) in [4.78, 5) is 2.05. The van der Waals surface area contributed by atoms with Gasteiger partial charge in [0.25, 0.3) is 0 Å². The average Bonchev–Trinajstić information content (AvgIpc) is 1.97. The smallest absolute Gasteiger partial charge is 0.239 e. The molecule has 0 aliphatic heterocycles. The van der Waals surface area contributed by atoms with E-state index in [4.69, 9.17) is 0 Å². The third-order valence-electron chi connectivity index (χ3n) is 1.65. The van der Waals surface area contributed by atoms with Gasteiger partial charge in [0.05, 0.1) is 0 Å². The van der Waals surface area contributed by atoms with Crippen LogP contribution in [-0.4, -0.2) is 31.0 Å². The van der Waals surface area contributed by atoms with Crippen molar-refractivity contribution in [3.05, 3.63) is 0 Å². The van der Waals surface area contributed by atoms with E-state index >= 15 is 0 Å². The van der Waals surface area contributed by atoms with Crippen LogP contribution in [0.25, 0.3) is 0 Å². The van der Waals surface area contributed by atoms with Crippen molar-refractivity contribution in [2.75, 3.05) is 19.6 Å². The molecule has 3 heteroatoms. The predicted octanol–water partition coefficient (Wildman–Crippen LogP) is 2.37. The topological polar surface area (TPSA) is 3.24 Å². The fraction of sp³-hybridized carbons (Fsp3) is 1.00. The highest BCUT2D eigenvalue weighted by Crippen LogP contribution is 2.01. The van der Waals surface area contributed by atoms with Crippen LogP contribution in [-0.2, 0) is 0 Å². The van der Waals surface area contributed by atoms with E-state index in [0.29, 0.717) is 6.54 Å². The number of rotatable bonds is 6. The Balaban J connectivity index is 3.35. The second kappa shape index (κ2) is 6.53. The molecule has 0 heterocycles. The summed E-state index contributed by atoms with van der Waals surface area (Å²) < 4.78 is 23.5. The van der Waals surface area contributed by atoms with Gasteiger partial charge < -0.3 is 4.90 Å². The highest BCUT2D eigenvalue weighted by Gasteiger charge is 2.05. The van der Waals surface area contributed by atoms with E-state index in [2.05, 4.69) is 6.92 Å². The lowest BCUT2D eigenvalue weighted by atomic mass is 10.3. The lowest BCUT2D eigenvalue weighted by Crippen LogP contribution is -2.26. The monoisotopic (exact) mass is 165 g/mol. The van der Waals surface area contributed by atoms with Gasteiger partial charge in [-0.1, -0.05) is 13.8 Å². The van der Waals surface area contributed by atoms with Gasteiger partial charge in [0.1, 0.15) is 0 Å². The van der Waals surface area contributed by atoms with Gasteiger partial charge in [-0.25, -0.2) is 8.78 Å². The molecule has 0 aliphatic rings. The molecule has 0 aliphatic carbocycles. The molecule has 0 atom stereocenters. The molecular formula is C8H17F2N. The van der Waals surface area contributed by atoms with Gasteiger partial charge in [0.15, 0.2) is 0 Å². The quantitative estimate of drug-likeness (QED) is 0.584. The van der Waals surface area contributed by atoms with E-state index in [9.17, 15) is 8.78 Å². The van der Waals surface area contributed by atoms with Crippen LogP contribution in [0.15, 0.2) is 0 Å². The van der Waals surface area contributed by atoms with Crippen molar-refractivity contribution >= 4 is 0 Å². The van der Waals surface area contributed by atoms with E-state index in [0.717, 1.165) is 19.5 Å². The Kier molecular flexibility index (Phi) is 6.42. The van der Waals surface area contributed by atoms with Gasteiger partial charge in [-0.3, -0.25) is 0 Å². The highest BCUT2D eigenvalue weighted by atomic mass is 19.3. The Bertz CT molecular complexity index is 86.2. The summed E-state index contributed by atoms with van der Waals surface area (Å²) in [6.07, 6.45) is -1.11. The SMILES string of the molecule is CCCN(CC)CCC(F)F. The van der Waals surface area contributed by atoms with Crippen LogP contribution in [0.1, 0.15) is 26.7 Å². The largest absolute Gasteiger partial charge is 0.303 e. The Morgan fingerprint density at radius 3 is 2.18 bits per heavy atom. The Morgan fingerprint density at radius 1 is 1.18 bits per heavy atom. The maximum absolute atomic E-state index is 11.7. The zero-order valence-electron chi connectivity index (χ0n) is 7.32. The van der Waals surface area contributed by atoms with E-state index < -0.39 is 6.43 Å². The molecule has 0 bridgehead atoms. The van der Waals surface area contributed by atoms with Gasteiger partial charge in [0, 0.05) is 13.0 Å². The van der Waals surface area contributed by atoms with Crippen molar-refractivity contribution in [1.82, 2.24) is 4.90 Å². The van der Waals surface area contributed by atoms with Crippen LogP contribution in [0.5, 0.6) is 0 Å².